The number of hydrogen-bond donors (Lipinski definition) is 1. The zero-order valence-electron chi connectivity index (χ0n) is 32.5. The molecule has 0 radical (unpaired) electrons. The molecule has 1 N–H and O–H groups in total. The monoisotopic (exact) mass is 798 g/mol. The van der Waals surface area contributed by atoms with Crippen molar-refractivity contribution in [3.8, 4) is 6.01 Å². The van der Waals surface area contributed by atoms with Crippen LogP contribution in [0.2, 0.25) is 46.6 Å². The summed E-state index contributed by atoms with van der Waals surface area (Å²) < 4.78 is 35.9. The molecule has 11 nitrogen and oxygen atoms in total. The van der Waals surface area contributed by atoms with E-state index in [2.05, 4.69) is 82.6 Å². The van der Waals surface area contributed by atoms with E-state index in [-0.39, 0.29) is 61.5 Å². The van der Waals surface area contributed by atoms with Gasteiger partial charge in [-0.05, 0) is 81.3 Å². The number of hydrogen-bond acceptors (Lipinski definition) is 9. The fraction of sp³-hybridized carbons (Fsp3) is 0.778. The molecule has 4 saturated heterocycles. The number of nitrogens with zero attached hydrogens (tertiary/aromatic N) is 6. The Bertz CT molecular complexity index is 1690. The third kappa shape index (κ3) is 7.19. The van der Waals surface area contributed by atoms with E-state index in [1.54, 1.807) is 4.90 Å². The quantitative estimate of drug-likeness (QED) is 0.185. The average molecular weight is 800 g/mol. The van der Waals surface area contributed by atoms with Gasteiger partial charge in [0.15, 0.2) is 27.6 Å². The first-order valence-electron chi connectivity index (χ1n) is 18.7. The lowest BCUT2D eigenvalue weighted by Gasteiger charge is -2.48. The summed E-state index contributed by atoms with van der Waals surface area (Å²) in [6, 6.07) is -0.713. The Morgan fingerprint density at radius 1 is 0.942 bits per heavy atom. The summed E-state index contributed by atoms with van der Waals surface area (Å²) in [5, 5.41) is 10.2. The van der Waals surface area contributed by atoms with Crippen molar-refractivity contribution >= 4 is 62.7 Å². The normalized spacial score (nSPS) is 27.2. The number of halogens is 3. The van der Waals surface area contributed by atoms with Crippen molar-refractivity contribution < 1.29 is 27.9 Å². The van der Waals surface area contributed by atoms with Gasteiger partial charge < -0.3 is 23.6 Å². The van der Waals surface area contributed by atoms with Gasteiger partial charge >= 0.3 is 12.1 Å². The molecule has 0 aromatic carbocycles. The highest BCUT2D eigenvalue weighted by atomic mass is 35.5. The maximum Gasteiger partial charge on any atom is 0.407 e. The molecule has 4 fully saturated rings. The van der Waals surface area contributed by atoms with Crippen LogP contribution in [0, 0.1) is 5.82 Å². The minimum Gasteiger partial charge on any atom is -0.465 e. The summed E-state index contributed by atoms with van der Waals surface area (Å²) in [5.74, 6) is -0.452. The second kappa shape index (κ2) is 14.0. The Hall–Kier alpha value is -1.82. The lowest BCUT2D eigenvalue weighted by molar-refractivity contribution is 0.0661. The van der Waals surface area contributed by atoms with Crippen molar-refractivity contribution in [2.75, 3.05) is 37.8 Å². The fourth-order valence-electron chi connectivity index (χ4n) is 8.14. The molecule has 0 aliphatic carbocycles. The van der Waals surface area contributed by atoms with Crippen molar-refractivity contribution in [2.45, 2.75) is 146 Å². The molecule has 6 rings (SSSR count). The van der Waals surface area contributed by atoms with Crippen molar-refractivity contribution in [2.24, 2.45) is 0 Å². The Balaban J connectivity index is 1.34. The van der Waals surface area contributed by atoms with E-state index in [1.807, 2.05) is 4.90 Å². The maximum absolute atomic E-state index is 15.9. The van der Waals surface area contributed by atoms with Crippen LogP contribution in [0.3, 0.4) is 0 Å². The third-order valence-corrected chi connectivity index (χ3v) is 22.8. The van der Waals surface area contributed by atoms with Crippen LogP contribution in [-0.2, 0) is 8.85 Å². The van der Waals surface area contributed by atoms with Crippen molar-refractivity contribution in [1.82, 2.24) is 24.8 Å². The molecule has 0 spiro atoms. The largest absolute Gasteiger partial charge is 0.465 e. The summed E-state index contributed by atoms with van der Waals surface area (Å²) in [7, 11) is -4.15. The third-order valence-electron chi connectivity index (χ3n) is 13.3. The van der Waals surface area contributed by atoms with Gasteiger partial charge in [0.05, 0.1) is 35.7 Å². The molecule has 2 aromatic rings. The van der Waals surface area contributed by atoms with Gasteiger partial charge in [-0.1, -0.05) is 64.7 Å². The highest BCUT2D eigenvalue weighted by Crippen LogP contribution is 2.46. The molecule has 52 heavy (non-hydrogen) atoms. The van der Waals surface area contributed by atoms with Crippen LogP contribution in [0.1, 0.15) is 80.1 Å². The van der Waals surface area contributed by atoms with E-state index in [1.165, 1.54) is 0 Å². The van der Waals surface area contributed by atoms with Crippen molar-refractivity contribution in [3.63, 3.8) is 0 Å². The summed E-state index contributed by atoms with van der Waals surface area (Å²) in [6.07, 6.45) is 4.43. The molecule has 6 heterocycles. The fourth-order valence-corrected chi connectivity index (χ4v) is 10.7. The van der Waals surface area contributed by atoms with Gasteiger partial charge in [0, 0.05) is 19.2 Å². The molecule has 4 aliphatic rings. The summed E-state index contributed by atoms with van der Waals surface area (Å²) in [4.78, 5) is 32.3. The maximum atomic E-state index is 15.9. The first-order valence-corrected chi connectivity index (χ1v) is 25.3. The van der Waals surface area contributed by atoms with Gasteiger partial charge in [-0.2, -0.15) is 9.97 Å². The lowest BCUT2D eigenvalue weighted by Crippen LogP contribution is -2.63. The highest BCUT2D eigenvalue weighted by molar-refractivity contribution is 6.74. The van der Waals surface area contributed by atoms with Crippen LogP contribution in [0.25, 0.3) is 10.9 Å². The van der Waals surface area contributed by atoms with Gasteiger partial charge in [-0.15, -0.1) is 0 Å². The summed E-state index contributed by atoms with van der Waals surface area (Å²) in [6.45, 7) is 24.9. The Labute approximate surface area is 320 Å². The van der Waals surface area contributed by atoms with E-state index >= 15 is 4.39 Å². The van der Waals surface area contributed by atoms with E-state index < -0.39 is 34.6 Å². The lowest BCUT2D eigenvalue weighted by atomic mass is 9.95. The van der Waals surface area contributed by atoms with Crippen LogP contribution in [0.4, 0.5) is 15.0 Å². The standard InChI is InChI=1S/C36H57Cl2FN6O5Si2/c1-34(2,3)51(7,8)49-19-23-14-16-36(15-11-17-44(23)36)21-48-32-40-28-26(29(37)41-30(38)27(28)39)31(42-32)43-18-22-12-13-24(45(22)33(46)47)25(43)20-50-52(9,10)35(4,5)6/h22-25H,11-21H2,1-10H3,(H,46,47)/t22-,23?,24+,25-,36?/m1/s1. The zero-order valence-corrected chi connectivity index (χ0v) is 36.0. The number of ether oxygens (including phenoxy) is 1. The number of amides is 1. The van der Waals surface area contributed by atoms with Crippen LogP contribution in [0.5, 0.6) is 6.01 Å². The minimum atomic E-state index is -2.24. The molecule has 1 amide bonds. The minimum absolute atomic E-state index is 0.0269. The number of anilines is 1. The number of rotatable bonds is 10. The molecule has 2 unspecified atom stereocenters. The molecule has 5 atom stereocenters. The molecule has 4 aliphatic heterocycles. The van der Waals surface area contributed by atoms with Crippen LogP contribution in [0.15, 0.2) is 0 Å². The van der Waals surface area contributed by atoms with E-state index in [0.29, 0.717) is 44.5 Å². The molecule has 0 saturated carbocycles. The number of piperazine rings is 1. The number of pyridine rings is 1. The highest BCUT2D eigenvalue weighted by Gasteiger charge is 2.52. The SMILES string of the molecule is CC(C)(C)[Si](C)(C)OCC1CCC2(COc3nc(N4C[C@H]5CC[C@@H]([C@H]4CO[Si](C)(C)C(C)(C)C)N5C(=O)O)c4c(Cl)nc(Cl)c(F)c4n3)CCCN12. The van der Waals surface area contributed by atoms with Crippen molar-refractivity contribution in [3.05, 3.63) is 16.1 Å². The molecular weight excluding hydrogens is 743 g/mol. The second-order valence-electron chi connectivity index (χ2n) is 18.4. The first kappa shape index (κ1) is 39.9. The summed E-state index contributed by atoms with van der Waals surface area (Å²) >= 11 is 13.0. The average Bonchev–Trinajstić information content (AvgIpc) is 3.71. The molecule has 16 heteroatoms. The number of aromatic nitrogens is 3. The topological polar surface area (TPSA) is 113 Å². The van der Waals surface area contributed by atoms with Crippen LogP contribution >= 0.6 is 23.2 Å². The smallest absolute Gasteiger partial charge is 0.407 e. The second-order valence-corrected chi connectivity index (χ2v) is 28.7. The Morgan fingerprint density at radius 3 is 2.23 bits per heavy atom. The van der Waals surface area contributed by atoms with Gasteiger partial charge in [-0.25, -0.2) is 14.2 Å². The molecule has 2 aromatic heterocycles. The zero-order chi connectivity index (χ0) is 38.2. The first-order chi connectivity index (χ1) is 24.1. The van der Waals surface area contributed by atoms with E-state index in [4.69, 9.17) is 41.8 Å². The molecular formula is C36H57Cl2FN6O5Si2. The van der Waals surface area contributed by atoms with E-state index in [0.717, 1.165) is 32.2 Å². The van der Waals surface area contributed by atoms with Gasteiger partial charge in [0.2, 0.25) is 0 Å². The van der Waals surface area contributed by atoms with Gasteiger partial charge in [-0.3, -0.25) is 9.80 Å². The van der Waals surface area contributed by atoms with Crippen LogP contribution < -0.4 is 9.64 Å². The molecule has 2 bridgehead atoms. The number of carbonyl (C=O) groups is 1. The Morgan fingerprint density at radius 2 is 1.60 bits per heavy atom. The van der Waals surface area contributed by atoms with Gasteiger partial charge in [0.1, 0.15) is 23.1 Å². The predicted molar refractivity (Wildman–Crippen MR) is 209 cm³/mol. The summed E-state index contributed by atoms with van der Waals surface area (Å²) in [5.41, 5.74) is -0.271. The van der Waals surface area contributed by atoms with Crippen LogP contribution in [-0.4, -0.2) is 115 Å². The molecule has 290 valence electrons. The predicted octanol–water partition coefficient (Wildman–Crippen LogP) is 8.59. The van der Waals surface area contributed by atoms with Gasteiger partial charge in [0.25, 0.3) is 0 Å². The Kier molecular flexibility index (Phi) is 10.8. The number of fused-ring (bicyclic) bond motifs is 4. The number of carboxylic acid groups (broad SMARTS) is 1. The van der Waals surface area contributed by atoms with E-state index in [9.17, 15) is 9.90 Å². The van der Waals surface area contributed by atoms with Crippen molar-refractivity contribution in [1.29, 1.82) is 0 Å².